The van der Waals surface area contributed by atoms with Gasteiger partial charge in [-0.25, -0.2) is 9.59 Å². The Morgan fingerprint density at radius 1 is 0.714 bits per heavy atom. The van der Waals surface area contributed by atoms with Gasteiger partial charge in [0.2, 0.25) is 23.6 Å². The SMILES string of the molecule is COC(=O)[C@@H](NC(=O)[C@@H](NC(=O)[C@@H]1CCCN1C(=O)[C@H](Cc1ccccc1)NC(=O)[C@H](C)NC(=O)OCC1c2ccccc2-c2ccccc21)C(C)C)C(C)C. The minimum Gasteiger partial charge on any atom is -0.467 e. The number of hydrogen-bond donors (Lipinski definition) is 4. The van der Waals surface area contributed by atoms with Crippen LogP contribution in [0.3, 0.4) is 0 Å². The van der Waals surface area contributed by atoms with Crippen molar-refractivity contribution in [1.82, 2.24) is 26.2 Å². The highest BCUT2D eigenvalue weighted by molar-refractivity contribution is 5.96. The van der Waals surface area contributed by atoms with E-state index in [0.717, 1.165) is 27.8 Å². The average molecular weight is 768 g/mol. The molecule has 0 bridgehead atoms. The second-order valence-electron chi connectivity index (χ2n) is 15.1. The van der Waals surface area contributed by atoms with Gasteiger partial charge in [0.1, 0.15) is 36.8 Å². The molecule has 0 unspecified atom stereocenters. The van der Waals surface area contributed by atoms with E-state index >= 15 is 0 Å². The molecule has 1 heterocycles. The summed E-state index contributed by atoms with van der Waals surface area (Å²) in [5.74, 6) is -3.47. The maximum atomic E-state index is 14.3. The van der Waals surface area contributed by atoms with Crippen molar-refractivity contribution >= 4 is 35.7 Å². The zero-order valence-electron chi connectivity index (χ0n) is 32.9. The number of benzene rings is 3. The molecule has 5 amide bonds. The van der Waals surface area contributed by atoms with Gasteiger partial charge < -0.3 is 35.6 Å². The van der Waals surface area contributed by atoms with Gasteiger partial charge in [0.25, 0.3) is 0 Å². The van der Waals surface area contributed by atoms with E-state index in [1.54, 1.807) is 27.7 Å². The molecule has 13 heteroatoms. The molecular weight excluding hydrogens is 714 g/mol. The molecule has 56 heavy (non-hydrogen) atoms. The Hall–Kier alpha value is -5.72. The summed E-state index contributed by atoms with van der Waals surface area (Å²) in [6.07, 6.45) is 0.250. The van der Waals surface area contributed by atoms with Crippen molar-refractivity contribution in [2.75, 3.05) is 20.3 Å². The number of alkyl carbamates (subject to hydrolysis) is 1. The van der Waals surface area contributed by atoms with Crippen molar-refractivity contribution in [2.45, 2.75) is 90.0 Å². The lowest BCUT2D eigenvalue weighted by molar-refractivity contribution is -0.147. The summed E-state index contributed by atoms with van der Waals surface area (Å²) in [5.41, 5.74) is 5.09. The highest BCUT2D eigenvalue weighted by atomic mass is 16.5. The number of amides is 5. The quantitative estimate of drug-likeness (QED) is 0.168. The van der Waals surface area contributed by atoms with E-state index < -0.39 is 65.9 Å². The smallest absolute Gasteiger partial charge is 0.407 e. The van der Waals surface area contributed by atoms with Crippen molar-refractivity contribution in [2.24, 2.45) is 11.8 Å². The number of rotatable bonds is 15. The molecule has 0 spiro atoms. The molecule has 0 saturated carbocycles. The van der Waals surface area contributed by atoms with Gasteiger partial charge in [-0.1, -0.05) is 107 Å². The second-order valence-corrected chi connectivity index (χ2v) is 15.1. The number of methoxy groups -OCH3 is 1. The number of ether oxygens (including phenoxy) is 2. The number of esters is 1. The van der Waals surface area contributed by atoms with Gasteiger partial charge in [0, 0.05) is 18.9 Å². The summed E-state index contributed by atoms with van der Waals surface area (Å²) >= 11 is 0. The number of nitrogens with one attached hydrogen (secondary N) is 4. The number of carbonyl (C=O) groups is 6. The van der Waals surface area contributed by atoms with Crippen LogP contribution in [0.5, 0.6) is 0 Å². The second kappa shape index (κ2) is 18.7. The molecule has 298 valence electrons. The van der Waals surface area contributed by atoms with E-state index in [1.165, 1.54) is 18.9 Å². The van der Waals surface area contributed by atoms with Crippen LogP contribution in [0.1, 0.15) is 70.1 Å². The topological polar surface area (TPSA) is 172 Å². The van der Waals surface area contributed by atoms with Crippen molar-refractivity contribution in [1.29, 1.82) is 0 Å². The van der Waals surface area contributed by atoms with Crippen LogP contribution in [0.2, 0.25) is 0 Å². The minimum atomic E-state index is -1.07. The number of nitrogens with zero attached hydrogens (tertiary/aromatic N) is 1. The number of fused-ring (bicyclic) bond motifs is 3. The Labute approximate surface area is 328 Å². The molecule has 1 fully saturated rings. The lowest BCUT2D eigenvalue weighted by atomic mass is 9.98. The van der Waals surface area contributed by atoms with Gasteiger partial charge >= 0.3 is 12.1 Å². The van der Waals surface area contributed by atoms with E-state index in [0.29, 0.717) is 12.8 Å². The Morgan fingerprint density at radius 3 is 1.89 bits per heavy atom. The molecule has 13 nitrogen and oxygen atoms in total. The summed E-state index contributed by atoms with van der Waals surface area (Å²) in [5, 5.41) is 10.9. The van der Waals surface area contributed by atoms with Crippen LogP contribution in [0.15, 0.2) is 78.9 Å². The largest absolute Gasteiger partial charge is 0.467 e. The molecule has 5 atom stereocenters. The van der Waals surface area contributed by atoms with Gasteiger partial charge in [0.15, 0.2) is 0 Å². The zero-order chi connectivity index (χ0) is 40.5. The van der Waals surface area contributed by atoms with Crippen LogP contribution in [0, 0.1) is 11.8 Å². The van der Waals surface area contributed by atoms with Gasteiger partial charge in [-0.05, 0) is 59.4 Å². The van der Waals surface area contributed by atoms with Crippen molar-refractivity contribution in [3.8, 4) is 11.1 Å². The normalized spacial score (nSPS) is 16.9. The van der Waals surface area contributed by atoms with Gasteiger partial charge in [-0.3, -0.25) is 19.2 Å². The highest BCUT2D eigenvalue weighted by Gasteiger charge is 2.40. The van der Waals surface area contributed by atoms with Crippen LogP contribution in [-0.2, 0) is 39.9 Å². The van der Waals surface area contributed by atoms with Crippen molar-refractivity contribution in [3.05, 3.63) is 95.6 Å². The molecule has 4 N–H and O–H groups in total. The van der Waals surface area contributed by atoms with Crippen molar-refractivity contribution in [3.63, 3.8) is 0 Å². The van der Waals surface area contributed by atoms with E-state index in [9.17, 15) is 28.8 Å². The number of hydrogen-bond acceptors (Lipinski definition) is 8. The van der Waals surface area contributed by atoms with Gasteiger partial charge in [-0.15, -0.1) is 0 Å². The Balaban J connectivity index is 1.24. The number of likely N-dealkylation sites (tertiary alicyclic amines) is 1. The van der Waals surface area contributed by atoms with Gasteiger partial charge in [-0.2, -0.15) is 0 Å². The molecule has 0 aromatic heterocycles. The lowest BCUT2D eigenvalue weighted by Crippen LogP contribution is -2.59. The Bertz CT molecular complexity index is 1850. The monoisotopic (exact) mass is 767 g/mol. The molecule has 3 aromatic rings. The third-order valence-electron chi connectivity index (χ3n) is 10.5. The number of carbonyl (C=O) groups excluding carboxylic acids is 6. The molecule has 3 aromatic carbocycles. The summed E-state index contributed by atoms with van der Waals surface area (Å²) < 4.78 is 10.5. The highest BCUT2D eigenvalue weighted by Crippen LogP contribution is 2.44. The first-order valence-electron chi connectivity index (χ1n) is 19.3. The zero-order valence-corrected chi connectivity index (χ0v) is 32.9. The summed E-state index contributed by atoms with van der Waals surface area (Å²) in [7, 11) is 1.24. The maximum Gasteiger partial charge on any atom is 0.407 e. The molecular formula is C43H53N5O8. The molecule has 1 saturated heterocycles. The predicted molar refractivity (Wildman–Crippen MR) is 210 cm³/mol. The predicted octanol–water partition coefficient (Wildman–Crippen LogP) is 4.09. The summed E-state index contributed by atoms with van der Waals surface area (Å²) in [4.78, 5) is 81.8. The fraction of sp³-hybridized carbons (Fsp3) is 0.442. The third-order valence-corrected chi connectivity index (χ3v) is 10.5. The van der Waals surface area contributed by atoms with E-state index in [-0.39, 0.29) is 37.3 Å². The van der Waals surface area contributed by atoms with E-state index in [2.05, 4.69) is 21.3 Å². The molecule has 1 aliphatic heterocycles. The first-order chi connectivity index (χ1) is 26.8. The summed E-state index contributed by atoms with van der Waals surface area (Å²) in [6, 6.07) is 20.2. The Kier molecular flexibility index (Phi) is 13.9. The molecule has 5 rings (SSSR count). The standard InChI is InChI=1S/C43H53N5O8/c1-25(2)36(40(51)47-37(26(3)4)42(53)55-6)46-39(50)35-21-14-22-48(35)41(52)34(23-28-15-8-7-9-16-28)45-38(49)27(5)44-43(54)56-24-33-31-19-12-10-17-29(31)30-18-11-13-20-32(30)33/h7-13,15-20,25-27,33-37H,14,21-24H2,1-6H3,(H,44,54)(H,45,49)(H,46,50)(H,47,51)/t27-,34-,35-,36-,37-/m0/s1. The first kappa shape index (κ1) is 41.4. The fourth-order valence-electron chi connectivity index (χ4n) is 7.38. The van der Waals surface area contributed by atoms with Crippen LogP contribution in [-0.4, -0.2) is 91.1 Å². The maximum absolute atomic E-state index is 14.3. The van der Waals surface area contributed by atoms with Crippen LogP contribution < -0.4 is 21.3 Å². The first-order valence-corrected chi connectivity index (χ1v) is 19.3. The summed E-state index contributed by atoms with van der Waals surface area (Å²) in [6.45, 7) is 8.94. The third kappa shape index (κ3) is 9.74. The fourth-order valence-corrected chi connectivity index (χ4v) is 7.38. The average Bonchev–Trinajstić information content (AvgIpc) is 3.81. The molecule has 2 aliphatic rings. The van der Waals surface area contributed by atoms with E-state index in [1.807, 2.05) is 78.9 Å². The lowest BCUT2D eigenvalue weighted by Gasteiger charge is -2.31. The minimum absolute atomic E-state index is 0.0741. The van der Waals surface area contributed by atoms with Gasteiger partial charge in [0.05, 0.1) is 7.11 Å². The van der Waals surface area contributed by atoms with Crippen LogP contribution >= 0.6 is 0 Å². The van der Waals surface area contributed by atoms with Crippen LogP contribution in [0.4, 0.5) is 4.79 Å². The van der Waals surface area contributed by atoms with Crippen molar-refractivity contribution < 1.29 is 38.2 Å². The van der Waals surface area contributed by atoms with Crippen LogP contribution in [0.25, 0.3) is 11.1 Å². The van der Waals surface area contributed by atoms with E-state index in [4.69, 9.17) is 9.47 Å². The molecule has 1 aliphatic carbocycles. The Morgan fingerprint density at radius 2 is 1.30 bits per heavy atom. The molecule has 0 radical (unpaired) electrons.